The van der Waals surface area contributed by atoms with Crippen LogP contribution in [0.15, 0.2) is 66.7 Å². The number of fused-ring (bicyclic) bond motifs is 6. The zero-order chi connectivity index (χ0) is 22.9. The highest BCUT2D eigenvalue weighted by atomic mass is 35.5. The molecule has 2 aliphatic carbocycles. The number of nitrogens with zero attached hydrogens (tertiary/aromatic N) is 1. The maximum atomic E-state index is 13.2. The number of carbonyl (C=O) groups excluding carboxylic acids is 3. The predicted molar refractivity (Wildman–Crippen MR) is 125 cm³/mol. The second-order valence-corrected chi connectivity index (χ2v) is 9.26. The fourth-order valence-corrected chi connectivity index (χ4v) is 5.71. The normalized spacial score (nSPS) is 25.2. The lowest BCUT2D eigenvalue weighted by Gasteiger charge is -2.19. The number of aromatic hydroxyl groups is 1. The van der Waals surface area contributed by atoms with Crippen LogP contribution in [0.2, 0.25) is 5.02 Å². The average molecular weight is 459 g/mol. The molecule has 4 atom stereocenters. The molecule has 3 amide bonds. The summed E-state index contributed by atoms with van der Waals surface area (Å²) in [6, 6.07) is 15.3. The Kier molecular flexibility index (Phi) is 4.35. The van der Waals surface area contributed by atoms with E-state index < -0.39 is 5.91 Å². The Bertz CT molecular complexity index is 1370. The van der Waals surface area contributed by atoms with E-state index in [2.05, 4.69) is 5.32 Å². The quantitative estimate of drug-likeness (QED) is 0.437. The third-order valence-corrected chi connectivity index (χ3v) is 7.34. The van der Waals surface area contributed by atoms with Crippen LogP contribution in [0.3, 0.4) is 0 Å². The van der Waals surface area contributed by atoms with E-state index in [4.69, 9.17) is 11.6 Å². The molecule has 3 aromatic rings. The monoisotopic (exact) mass is 458 g/mol. The minimum Gasteiger partial charge on any atom is -0.507 e. The minimum atomic E-state index is -0.510. The van der Waals surface area contributed by atoms with Gasteiger partial charge in [-0.15, -0.1) is 0 Å². The van der Waals surface area contributed by atoms with Crippen molar-refractivity contribution in [3.05, 3.63) is 77.3 Å². The van der Waals surface area contributed by atoms with Crippen LogP contribution in [0, 0.1) is 23.7 Å². The number of hydrogen-bond donors (Lipinski definition) is 2. The van der Waals surface area contributed by atoms with Crippen molar-refractivity contribution in [1.82, 2.24) is 0 Å². The molecule has 2 bridgehead atoms. The van der Waals surface area contributed by atoms with Crippen molar-refractivity contribution < 1.29 is 19.5 Å². The van der Waals surface area contributed by atoms with Crippen molar-refractivity contribution in [1.29, 1.82) is 0 Å². The Labute approximate surface area is 194 Å². The van der Waals surface area contributed by atoms with E-state index in [1.807, 2.05) is 36.4 Å². The van der Waals surface area contributed by atoms with Gasteiger partial charge in [0.05, 0.1) is 28.1 Å². The summed E-state index contributed by atoms with van der Waals surface area (Å²) in [6.45, 7) is 0. The maximum absolute atomic E-state index is 13.2. The first kappa shape index (κ1) is 20.0. The van der Waals surface area contributed by atoms with Gasteiger partial charge in [0.2, 0.25) is 11.8 Å². The molecule has 6 nitrogen and oxygen atoms in total. The standard InChI is InChI=1S/C26H19ClN2O4/c27-19-8-7-17(28-24(31)18-10-13-3-1-2-4-14(13)11-21(18)30)12-20(19)29-25(32)22-15-5-6-16(9-15)23(22)26(29)33/h1-8,10-12,15-16,22-23,30H,9H2,(H,28,31)/t15-,16-,22-,23+/m0/s1. The largest absolute Gasteiger partial charge is 0.507 e. The smallest absolute Gasteiger partial charge is 0.259 e. The molecule has 2 fully saturated rings. The number of carbonyl (C=O) groups is 3. The van der Waals surface area contributed by atoms with E-state index >= 15 is 0 Å². The molecule has 3 aromatic carbocycles. The Balaban J connectivity index is 1.31. The average Bonchev–Trinajstić information content (AvgIpc) is 3.48. The van der Waals surface area contributed by atoms with Crippen LogP contribution >= 0.6 is 11.6 Å². The molecule has 0 aromatic heterocycles. The molecule has 0 spiro atoms. The molecule has 1 saturated heterocycles. The minimum absolute atomic E-state index is 0.0963. The molecule has 2 N–H and O–H groups in total. The number of allylic oxidation sites excluding steroid dienone is 2. The summed E-state index contributed by atoms with van der Waals surface area (Å²) in [5.41, 5.74) is 0.752. The number of imide groups is 1. The van der Waals surface area contributed by atoms with Crippen LogP contribution in [0.25, 0.3) is 10.8 Å². The second kappa shape index (κ2) is 7.18. The highest BCUT2D eigenvalue weighted by Gasteiger charge is 2.59. The van der Waals surface area contributed by atoms with Crippen LogP contribution in [-0.4, -0.2) is 22.8 Å². The number of benzene rings is 3. The lowest BCUT2D eigenvalue weighted by Crippen LogP contribution is -2.33. The first-order valence-corrected chi connectivity index (χ1v) is 11.2. The fraction of sp³-hybridized carbons (Fsp3) is 0.192. The zero-order valence-electron chi connectivity index (χ0n) is 17.4. The maximum Gasteiger partial charge on any atom is 0.259 e. The summed E-state index contributed by atoms with van der Waals surface area (Å²) in [5.74, 6) is -1.60. The van der Waals surface area contributed by atoms with Crippen LogP contribution in [0.4, 0.5) is 11.4 Å². The summed E-state index contributed by atoms with van der Waals surface area (Å²) in [4.78, 5) is 40.4. The summed E-state index contributed by atoms with van der Waals surface area (Å²) in [5, 5.41) is 15.0. The molecule has 1 saturated carbocycles. The van der Waals surface area contributed by atoms with Gasteiger partial charge in [0, 0.05) is 5.69 Å². The van der Waals surface area contributed by atoms with Gasteiger partial charge in [-0.1, -0.05) is 48.0 Å². The van der Waals surface area contributed by atoms with E-state index in [-0.39, 0.29) is 57.5 Å². The van der Waals surface area contributed by atoms with Gasteiger partial charge < -0.3 is 10.4 Å². The molecule has 0 unspecified atom stereocenters. The van der Waals surface area contributed by atoms with E-state index in [0.29, 0.717) is 5.69 Å². The number of nitrogens with one attached hydrogen (secondary N) is 1. The van der Waals surface area contributed by atoms with Crippen LogP contribution < -0.4 is 10.2 Å². The fourth-order valence-electron chi connectivity index (χ4n) is 5.51. The molecule has 1 heterocycles. The van der Waals surface area contributed by atoms with Crippen molar-refractivity contribution in [3.8, 4) is 5.75 Å². The van der Waals surface area contributed by atoms with Crippen LogP contribution in [0.1, 0.15) is 16.8 Å². The second-order valence-electron chi connectivity index (χ2n) is 8.85. The highest BCUT2D eigenvalue weighted by molar-refractivity contribution is 6.36. The van der Waals surface area contributed by atoms with Gasteiger partial charge in [-0.3, -0.25) is 14.4 Å². The van der Waals surface area contributed by atoms with Gasteiger partial charge in [0.1, 0.15) is 5.75 Å². The SMILES string of the molecule is O=C(Nc1ccc(Cl)c(N2C(=O)[C@@H]3[C@H](C2=O)[C@H]2C=C[C@H]3C2)c1)c1cc2ccccc2cc1O. The van der Waals surface area contributed by atoms with Gasteiger partial charge in [0.15, 0.2) is 0 Å². The van der Waals surface area contributed by atoms with Gasteiger partial charge in [-0.05, 0) is 59.4 Å². The number of phenolic OH excluding ortho intramolecular Hbond substituents is 1. The molecule has 7 heteroatoms. The summed E-state index contributed by atoms with van der Waals surface area (Å²) < 4.78 is 0. The summed E-state index contributed by atoms with van der Waals surface area (Å²) in [6.07, 6.45) is 4.92. The predicted octanol–water partition coefficient (Wildman–Crippen LogP) is 4.76. The Morgan fingerprint density at radius 1 is 0.939 bits per heavy atom. The molecule has 164 valence electrons. The first-order chi connectivity index (χ1) is 15.9. The Morgan fingerprint density at radius 3 is 2.24 bits per heavy atom. The molecular weight excluding hydrogens is 440 g/mol. The first-order valence-electron chi connectivity index (χ1n) is 10.8. The molecule has 33 heavy (non-hydrogen) atoms. The van der Waals surface area contributed by atoms with Crippen molar-refractivity contribution in [2.45, 2.75) is 6.42 Å². The van der Waals surface area contributed by atoms with Gasteiger partial charge >= 0.3 is 0 Å². The number of amides is 3. The summed E-state index contributed by atoms with van der Waals surface area (Å²) in [7, 11) is 0. The highest BCUT2D eigenvalue weighted by Crippen LogP contribution is 2.53. The molecule has 1 aliphatic heterocycles. The lowest BCUT2D eigenvalue weighted by molar-refractivity contribution is -0.123. The number of phenols is 1. The lowest BCUT2D eigenvalue weighted by atomic mass is 9.85. The molecule has 3 aliphatic rings. The Hall–Kier alpha value is -3.64. The van der Waals surface area contributed by atoms with E-state index in [1.165, 1.54) is 11.0 Å². The molecule has 0 radical (unpaired) electrons. The zero-order valence-corrected chi connectivity index (χ0v) is 18.1. The third-order valence-electron chi connectivity index (χ3n) is 7.02. The van der Waals surface area contributed by atoms with Gasteiger partial charge in [-0.2, -0.15) is 0 Å². The Morgan fingerprint density at radius 2 is 1.58 bits per heavy atom. The van der Waals surface area contributed by atoms with Crippen molar-refractivity contribution in [3.63, 3.8) is 0 Å². The number of anilines is 2. The topological polar surface area (TPSA) is 86.7 Å². The number of rotatable bonds is 3. The molecular formula is C26H19ClN2O4. The van der Waals surface area contributed by atoms with Crippen molar-refractivity contribution in [2.75, 3.05) is 10.2 Å². The van der Waals surface area contributed by atoms with Crippen molar-refractivity contribution in [2.24, 2.45) is 23.7 Å². The third kappa shape index (κ3) is 2.98. The summed E-state index contributed by atoms with van der Waals surface area (Å²) >= 11 is 6.38. The van der Waals surface area contributed by atoms with E-state index in [0.717, 1.165) is 17.2 Å². The van der Waals surface area contributed by atoms with Crippen LogP contribution in [-0.2, 0) is 9.59 Å². The van der Waals surface area contributed by atoms with E-state index in [1.54, 1.807) is 24.3 Å². The van der Waals surface area contributed by atoms with Gasteiger partial charge in [-0.25, -0.2) is 4.90 Å². The number of hydrogen-bond acceptors (Lipinski definition) is 4. The van der Waals surface area contributed by atoms with Gasteiger partial charge in [0.25, 0.3) is 5.91 Å². The number of halogens is 1. The van der Waals surface area contributed by atoms with E-state index in [9.17, 15) is 19.5 Å². The molecule has 6 rings (SSSR count). The van der Waals surface area contributed by atoms with Crippen molar-refractivity contribution >= 4 is 51.5 Å². The van der Waals surface area contributed by atoms with Crippen LogP contribution in [0.5, 0.6) is 5.75 Å².